The summed E-state index contributed by atoms with van der Waals surface area (Å²) in [6.07, 6.45) is 3.74. The van der Waals surface area contributed by atoms with E-state index < -0.39 is 15.4 Å². The molecule has 3 atom stereocenters. The maximum atomic E-state index is 11.6. The molecule has 0 bridgehead atoms. The Morgan fingerprint density at radius 2 is 2.10 bits per heavy atom. The third-order valence-electron chi connectivity index (χ3n) is 4.53. The van der Waals surface area contributed by atoms with Crippen LogP contribution in [-0.2, 0) is 9.84 Å². The van der Waals surface area contributed by atoms with E-state index in [0.29, 0.717) is 24.6 Å². The number of nitrogens with one attached hydrogen (secondary N) is 1. The topological polar surface area (TPSA) is 73.2 Å². The molecular formula is C14H25N3O2S. The largest absolute Gasteiger partial charge is 0.300 e. The van der Waals surface area contributed by atoms with E-state index in [0.717, 1.165) is 12.8 Å². The average Bonchev–Trinajstić information content (AvgIpc) is 3.09. The molecule has 2 rings (SSSR count). The third kappa shape index (κ3) is 3.94. The molecule has 1 saturated heterocycles. The van der Waals surface area contributed by atoms with Crippen molar-refractivity contribution in [2.75, 3.05) is 18.6 Å². The van der Waals surface area contributed by atoms with E-state index in [1.807, 2.05) is 14.0 Å². The van der Waals surface area contributed by atoms with Crippen LogP contribution in [0.15, 0.2) is 0 Å². The van der Waals surface area contributed by atoms with Crippen LogP contribution in [-0.4, -0.2) is 55.5 Å². The van der Waals surface area contributed by atoms with Crippen molar-refractivity contribution in [2.45, 2.75) is 63.2 Å². The smallest absolute Gasteiger partial charge is 0.151 e. The summed E-state index contributed by atoms with van der Waals surface area (Å²) in [5.74, 6) is 0.553. The SMILES string of the molecule is CC(CC(C)(C#N)NC1CC1)N(C)C1CCS(=O)(=O)C1. The van der Waals surface area contributed by atoms with E-state index in [1.165, 1.54) is 0 Å². The van der Waals surface area contributed by atoms with Crippen molar-refractivity contribution in [1.29, 1.82) is 5.26 Å². The monoisotopic (exact) mass is 299 g/mol. The molecule has 6 heteroatoms. The molecule has 1 N–H and O–H groups in total. The van der Waals surface area contributed by atoms with Gasteiger partial charge in [-0.05, 0) is 46.6 Å². The number of hydrogen-bond donors (Lipinski definition) is 1. The van der Waals surface area contributed by atoms with Crippen LogP contribution in [0, 0.1) is 11.3 Å². The van der Waals surface area contributed by atoms with Gasteiger partial charge >= 0.3 is 0 Å². The highest BCUT2D eigenvalue weighted by Gasteiger charge is 2.37. The molecular weight excluding hydrogens is 274 g/mol. The predicted octanol–water partition coefficient (Wildman–Crippen LogP) is 0.918. The lowest BCUT2D eigenvalue weighted by atomic mass is 9.93. The van der Waals surface area contributed by atoms with Gasteiger partial charge in [0.2, 0.25) is 0 Å². The molecule has 0 aromatic heterocycles. The lowest BCUT2D eigenvalue weighted by Crippen LogP contribution is -2.49. The molecule has 3 unspecified atom stereocenters. The van der Waals surface area contributed by atoms with Crippen molar-refractivity contribution < 1.29 is 8.42 Å². The van der Waals surface area contributed by atoms with Gasteiger partial charge in [-0.15, -0.1) is 0 Å². The number of nitriles is 1. The number of nitrogens with zero attached hydrogens (tertiary/aromatic N) is 2. The van der Waals surface area contributed by atoms with Gasteiger partial charge in [-0.1, -0.05) is 0 Å². The maximum absolute atomic E-state index is 11.6. The molecule has 1 saturated carbocycles. The molecule has 2 aliphatic rings. The van der Waals surface area contributed by atoms with Crippen LogP contribution in [0.3, 0.4) is 0 Å². The standard InChI is InChI=1S/C14H25N3O2S/c1-11(8-14(2,10-15)16-12-4-5-12)17(3)13-6-7-20(18,19)9-13/h11-13,16H,4-9H2,1-3H3. The van der Waals surface area contributed by atoms with Gasteiger partial charge in [0.15, 0.2) is 9.84 Å². The number of rotatable bonds is 6. The Labute approximate surface area is 122 Å². The van der Waals surface area contributed by atoms with Gasteiger partial charge in [-0.2, -0.15) is 5.26 Å². The molecule has 0 spiro atoms. The molecule has 0 radical (unpaired) electrons. The molecule has 1 aliphatic carbocycles. The van der Waals surface area contributed by atoms with Gasteiger partial charge in [-0.25, -0.2) is 8.42 Å². The van der Waals surface area contributed by atoms with Crippen LogP contribution in [0.1, 0.15) is 39.5 Å². The fraction of sp³-hybridized carbons (Fsp3) is 0.929. The minimum Gasteiger partial charge on any atom is -0.300 e. The quantitative estimate of drug-likeness (QED) is 0.789. The summed E-state index contributed by atoms with van der Waals surface area (Å²) in [6.45, 7) is 4.02. The van der Waals surface area contributed by atoms with Crippen molar-refractivity contribution >= 4 is 9.84 Å². The summed E-state index contributed by atoms with van der Waals surface area (Å²) in [5.41, 5.74) is -0.522. The summed E-state index contributed by atoms with van der Waals surface area (Å²) in [7, 11) is -0.877. The Bertz CT molecular complexity index is 495. The number of sulfone groups is 1. The lowest BCUT2D eigenvalue weighted by molar-refractivity contribution is 0.168. The Hall–Kier alpha value is -0.640. The Morgan fingerprint density at radius 1 is 1.45 bits per heavy atom. The van der Waals surface area contributed by atoms with Gasteiger partial charge in [-0.3, -0.25) is 10.2 Å². The highest BCUT2D eigenvalue weighted by atomic mass is 32.2. The Kier molecular flexibility index (Phi) is 4.43. The van der Waals surface area contributed by atoms with Crippen molar-refractivity contribution in [3.63, 3.8) is 0 Å². The first-order valence-corrected chi connectivity index (χ1v) is 9.18. The van der Waals surface area contributed by atoms with Gasteiger partial charge in [0, 0.05) is 18.1 Å². The minimum atomic E-state index is -2.85. The van der Waals surface area contributed by atoms with E-state index in [-0.39, 0.29) is 17.8 Å². The molecule has 20 heavy (non-hydrogen) atoms. The predicted molar refractivity (Wildman–Crippen MR) is 79.1 cm³/mol. The van der Waals surface area contributed by atoms with Crippen LogP contribution in [0.25, 0.3) is 0 Å². The van der Waals surface area contributed by atoms with Gasteiger partial charge in [0.25, 0.3) is 0 Å². The van der Waals surface area contributed by atoms with Gasteiger partial charge in [0.05, 0.1) is 17.6 Å². The van der Waals surface area contributed by atoms with Gasteiger partial charge < -0.3 is 0 Å². The van der Waals surface area contributed by atoms with E-state index in [1.54, 1.807) is 0 Å². The van der Waals surface area contributed by atoms with E-state index >= 15 is 0 Å². The normalized spacial score (nSPS) is 29.9. The second-order valence-corrected chi connectivity index (χ2v) is 8.87. The van der Waals surface area contributed by atoms with Crippen LogP contribution in [0.2, 0.25) is 0 Å². The zero-order valence-corrected chi connectivity index (χ0v) is 13.4. The summed E-state index contributed by atoms with van der Waals surface area (Å²) >= 11 is 0. The van der Waals surface area contributed by atoms with Crippen molar-refractivity contribution in [3.05, 3.63) is 0 Å². The van der Waals surface area contributed by atoms with E-state index in [4.69, 9.17) is 0 Å². The second-order valence-electron chi connectivity index (χ2n) is 6.64. The van der Waals surface area contributed by atoms with E-state index in [2.05, 4.69) is 23.2 Å². The summed E-state index contributed by atoms with van der Waals surface area (Å²) in [4.78, 5) is 2.13. The maximum Gasteiger partial charge on any atom is 0.151 e. The molecule has 1 aliphatic heterocycles. The zero-order valence-electron chi connectivity index (χ0n) is 12.6. The molecule has 0 aromatic rings. The first-order valence-electron chi connectivity index (χ1n) is 7.36. The van der Waals surface area contributed by atoms with Crippen molar-refractivity contribution in [3.8, 4) is 6.07 Å². The summed E-state index contributed by atoms with van der Waals surface area (Å²) < 4.78 is 23.1. The lowest BCUT2D eigenvalue weighted by Gasteiger charge is -2.34. The van der Waals surface area contributed by atoms with E-state index in [9.17, 15) is 13.7 Å². The molecule has 0 aromatic carbocycles. The van der Waals surface area contributed by atoms with Gasteiger partial charge in [0.1, 0.15) is 5.54 Å². The average molecular weight is 299 g/mol. The number of hydrogen-bond acceptors (Lipinski definition) is 5. The zero-order chi connectivity index (χ0) is 15.0. The summed E-state index contributed by atoms with van der Waals surface area (Å²) in [6, 6.07) is 3.16. The second kappa shape index (κ2) is 5.63. The molecule has 2 fully saturated rings. The molecule has 114 valence electrons. The molecule has 1 heterocycles. The first-order chi connectivity index (χ1) is 9.25. The van der Waals surface area contributed by atoms with Crippen molar-refractivity contribution in [2.24, 2.45) is 0 Å². The third-order valence-corrected chi connectivity index (χ3v) is 6.28. The van der Waals surface area contributed by atoms with Crippen LogP contribution in [0.5, 0.6) is 0 Å². The Balaban J connectivity index is 1.93. The molecule has 5 nitrogen and oxygen atoms in total. The first kappa shape index (κ1) is 15.7. The fourth-order valence-corrected chi connectivity index (χ4v) is 4.79. The highest BCUT2D eigenvalue weighted by molar-refractivity contribution is 7.91. The summed E-state index contributed by atoms with van der Waals surface area (Å²) in [5, 5.41) is 12.8. The van der Waals surface area contributed by atoms with Crippen LogP contribution < -0.4 is 5.32 Å². The van der Waals surface area contributed by atoms with Crippen molar-refractivity contribution in [1.82, 2.24) is 10.2 Å². The van der Waals surface area contributed by atoms with Crippen LogP contribution >= 0.6 is 0 Å². The highest BCUT2D eigenvalue weighted by Crippen LogP contribution is 2.27. The Morgan fingerprint density at radius 3 is 2.55 bits per heavy atom. The minimum absolute atomic E-state index is 0.0962. The van der Waals surface area contributed by atoms with Crippen LogP contribution in [0.4, 0.5) is 0 Å². The molecule has 0 amide bonds. The fourth-order valence-electron chi connectivity index (χ4n) is 3.01.